The van der Waals surface area contributed by atoms with Gasteiger partial charge in [0, 0.05) is 16.4 Å². The van der Waals surface area contributed by atoms with E-state index in [0.29, 0.717) is 12.0 Å². The van der Waals surface area contributed by atoms with Gasteiger partial charge >= 0.3 is 5.97 Å². The number of carbonyl (C=O) groups is 2. The minimum atomic E-state index is -1.38. The van der Waals surface area contributed by atoms with E-state index in [4.69, 9.17) is 22.1 Å². The van der Waals surface area contributed by atoms with Gasteiger partial charge in [-0.15, -0.1) is 0 Å². The topological polar surface area (TPSA) is 125 Å². The third-order valence-electron chi connectivity index (χ3n) is 6.50. The maximum Gasteiger partial charge on any atom is 0.323 e. The number of amides is 1. The maximum atomic E-state index is 15.6. The largest absolute Gasteiger partial charge is 0.462 e. The number of carbonyl (C=O) groups excluding carboxylic acids is 2. The van der Waals surface area contributed by atoms with E-state index < -0.39 is 53.8 Å². The van der Waals surface area contributed by atoms with Gasteiger partial charge in [-0.2, -0.15) is 5.26 Å². The third kappa shape index (κ3) is 6.32. The van der Waals surface area contributed by atoms with Crippen LogP contribution in [0, 0.1) is 22.6 Å². The first-order chi connectivity index (χ1) is 17.3. The molecule has 1 aliphatic heterocycles. The molecule has 0 spiro atoms. The fraction of sp³-hybridized carbons (Fsp3) is 0.444. The number of primary amides is 1. The molecule has 0 aromatic heterocycles. The highest BCUT2D eigenvalue weighted by molar-refractivity contribution is 9.10. The van der Waals surface area contributed by atoms with Gasteiger partial charge < -0.3 is 15.6 Å². The molecule has 1 heterocycles. The molecule has 1 amide bonds. The number of esters is 1. The molecule has 0 bridgehead atoms. The van der Waals surface area contributed by atoms with Gasteiger partial charge in [0.2, 0.25) is 5.91 Å². The zero-order chi connectivity index (χ0) is 27.5. The van der Waals surface area contributed by atoms with Crippen molar-refractivity contribution in [3.63, 3.8) is 0 Å². The molecule has 0 saturated carbocycles. The van der Waals surface area contributed by atoms with Gasteiger partial charge in [0.05, 0.1) is 23.6 Å². The summed E-state index contributed by atoms with van der Waals surface area (Å²) in [6.45, 7) is 5.56. The van der Waals surface area contributed by atoms with E-state index in [1.54, 1.807) is 30.3 Å². The van der Waals surface area contributed by atoms with Crippen molar-refractivity contribution in [3.05, 3.63) is 68.9 Å². The number of ether oxygens (including phenoxy) is 1. The predicted molar refractivity (Wildman–Crippen MR) is 141 cm³/mol. The molecule has 0 radical (unpaired) electrons. The van der Waals surface area contributed by atoms with E-state index in [1.807, 2.05) is 20.8 Å². The average Bonchev–Trinajstić information content (AvgIpc) is 3.12. The van der Waals surface area contributed by atoms with Gasteiger partial charge in [0.1, 0.15) is 23.9 Å². The van der Waals surface area contributed by atoms with E-state index in [0.717, 1.165) is 4.47 Å². The first-order valence-electron chi connectivity index (χ1n) is 11.8. The number of nitrogens with zero attached hydrogens (tertiary/aromatic N) is 1. The summed E-state index contributed by atoms with van der Waals surface area (Å²) < 4.78 is 21.7. The van der Waals surface area contributed by atoms with Crippen LogP contribution in [0.25, 0.3) is 0 Å². The van der Waals surface area contributed by atoms with Crippen LogP contribution in [0.5, 0.6) is 0 Å². The SMILES string of the molecule is CC(C)(C)CC1NC(C(=O)OC[C@@H](O)CC(N)=O)C(c2cccc(Cl)c2F)C1(C#N)c1ccc(Br)cc1. The Labute approximate surface area is 229 Å². The van der Waals surface area contributed by atoms with Crippen molar-refractivity contribution >= 4 is 39.4 Å². The van der Waals surface area contributed by atoms with Crippen molar-refractivity contribution in [2.45, 2.75) is 63.1 Å². The second kappa shape index (κ2) is 11.5. The Morgan fingerprint density at radius 2 is 1.95 bits per heavy atom. The normalized spacial score (nSPS) is 24.3. The molecule has 2 aromatic carbocycles. The van der Waals surface area contributed by atoms with Gasteiger partial charge in [-0.05, 0) is 41.2 Å². The lowest BCUT2D eigenvalue weighted by Crippen LogP contribution is -2.44. The van der Waals surface area contributed by atoms with Crippen molar-refractivity contribution in [2.24, 2.45) is 11.1 Å². The third-order valence-corrected chi connectivity index (χ3v) is 7.32. The van der Waals surface area contributed by atoms with Gasteiger partial charge in [-0.3, -0.25) is 14.9 Å². The Hall–Kier alpha value is -2.51. The molecule has 1 fully saturated rings. The molecule has 10 heteroatoms. The molecule has 7 nitrogen and oxygen atoms in total. The molecule has 37 heavy (non-hydrogen) atoms. The second-order valence-electron chi connectivity index (χ2n) is 10.5. The van der Waals surface area contributed by atoms with Gasteiger partial charge in [0.25, 0.3) is 0 Å². The second-order valence-corrected chi connectivity index (χ2v) is 11.8. The Bertz CT molecular complexity index is 1200. The van der Waals surface area contributed by atoms with E-state index in [9.17, 15) is 20.0 Å². The molecular weight excluding hydrogens is 565 g/mol. The van der Waals surface area contributed by atoms with Gasteiger partial charge in [0.15, 0.2) is 0 Å². The predicted octanol–water partition coefficient (Wildman–Crippen LogP) is 4.34. The molecule has 4 N–H and O–H groups in total. The molecule has 1 saturated heterocycles. The Balaban J connectivity index is 2.18. The number of hydrogen-bond donors (Lipinski definition) is 3. The number of rotatable bonds is 8. The highest BCUT2D eigenvalue weighted by Gasteiger charge is 2.60. The van der Waals surface area contributed by atoms with Crippen molar-refractivity contribution in [1.29, 1.82) is 5.26 Å². The Kier molecular flexibility index (Phi) is 9.01. The van der Waals surface area contributed by atoms with Crippen molar-refractivity contribution < 1.29 is 23.8 Å². The molecular formula is C27H30BrClFN3O4. The van der Waals surface area contributed by atoms with Crippen LogP contribution in [0.3, 0.4) is 0 Å². The molecule has 1 aliphatic rings. The highest BCUT2D eigenvalue weighted by Crippen LogP contribution is 2.52. The standard InChI is InChI=1S/C27H30BrClFN3O4/c1-26(2,3)12-20-27(14-31,15-7-9-16(28)10-8-15)22(18-5-4-6-19(29)23(18)30)24(33-20)25(36)37-13-17(34)11-21(32)35/h4-10,17,20,22,24,33-34H,11-13H2,1-3H3,(H2,32,35)/t17-,20?,22?,24?,27?/m0/s1. The first-order valence-corrected chi connectivity index (χ1v) is 13.0. The number of aliphatic hydroxyl groups is 1. The molecule has 198 valence electrons. The van der Waals surface area contributed by atoms with Crippen molar-refractivity contribution in [3.8, 4) is 6.07 Å². The van der Waals surface area contributed by atoms with Crippen LogP contribution in [0.15, 0.2) is 46.9 Å². The number of aliphatic hydroxyl groups excluding tert-OH is 1. The van der Waals surface area contributed by atoms with E-state index >= 15 is 4.39 Å². The number of hydrogen-bond acceptors (Lipinski definition) is 6. The molecule has 3 rings (SSSR count). The number of nitriles is 1. The van der Waals surface area contributed by atoms with Crippen LogP contribution in [0.4, 0.5) is 4.39 Å². The lowest BCUT2D eigenvalue weighted by atomic mass is 9.63. The Morgan fingerprint density at radius 1 is 1.30 bits per heavy atom. The number of nitrogens with one attached hydrogen (secondary N) is 1. The number of nitrogens with two attached hydrogens (primary N) is 1. The lowest BCUT2D eigenvalue weighted by Gasteiger charge is -2.37. The quantitative estimate of drug-likeness (QED) is 0.391. The van der Waals surface area contributed by atoms with Crippen LogP contribution in [0.1, 0.15) is 50.7 Å². The van der Waals surface area contributed by atoms with Crippen LogP contribution >= 0.6 is 27.5 Å². The summed E-state index contributed by atoms with van der Waals surface area (Å²) in [6.07, 6.45) is -1.20. The minimum absolute atomic E-state index is 0.0977. The van der Waals surface area contributed by atoms with Gasteiger partial charge in [-0.25, -0.2) is 4.39 Å². The monoisotopic (exact) mass is 593 g/mol. The summed E-state index contributed by atoms with van der Waals surface area (Å²) in [5.74, 6) is -3.28. The summed E-state index contributed by atoms with van der Waals surface area (Å²) in [6, 6.07) is 12.4. The number of benzene rings is 2. The van der Waals surface area contributed by atoms with Crippen LogP contribution in [-0.4, -0.2) is 41.8 Å². The van der Waals surface area contributed by atoms with Crippen LogP contribution in [0.2, 0.25) is 5.02 Å². The van der Waals surface area contributed by atoms with Gasteiger partial charge in [-0.1, -0.05) is 72.6 Å². The summed E-state index contributed by atoms with van der Waals surface area (Å²) in [4.78, 5) is 24.5. The van der Waals surface area contributed by atoms with Crippen LogP contribution in [-0.2, 0) is 19.7 Å². The summed E-state index contributed by atoms with van der Waals surface area (Å²) in [7, 11) is 0. The van der Waals surface area contributed by atoms with Crippen molar-refractivity contribution in [2.75, 3.05) is 6.61 Å². The van der Waals surface area contributed by atoms with Crippen molar-refractivity contribution in [1.82, 2.24) is 5.32 Å². The maximum absolute atomic E-state index is 15.6. The van der Waals surface area contributed by atoms with E-state index in [2.05, 4.69) is 27.3 Å². The average molecular weight is 595 g/mol. The molecule has 5 atom stereocenters. The zero-order valence-electron chi connectivity index (χ0n) is 20.8. The number of halogens is 3. The lowest BCUT2D eigenvalue weighted by molar-refractivity contribution is -0.150. The fourth-order valence-corrected chi connectivity index (χ4v) is 5.47. The smallest absolute Gasteiger partial charge is 0.323 e. The Morgan fingerprint density at radius 3 is 2.51 bits per heavy atom. The summed E-state index contributed by atoms with van der Waals surface area (Å²) in [5, 5.41) is 23.9. The van der Waals surface area contributed by atoms with Crippen LogP contribution < -0.4 is 11.1 Å². The molecule has 0 aliphatic carbocycles. The zero-order valence-corrected chi connectivity index (χ0v) is 23.1. The summed E-state index contributed by atoms with van der Waals surface area (Å²) in [5.41, 5.74) is 4.17. The molecule has 2 aromatic rings. The fourth-order valence-electron chi connectivity index (χ4n) is 5.02. The highest BCUT2D eigenvalue weighted by atomic mass is 79.9. The minimum Gasteiger partial charge on any atom is -0.462 e. The molecule has 4 unspecified atom stereocenters. The van der Waals surface area contributed by atoms with E-state index in [-0.39, 0.29) is 22.4 Å². The van der Waals surface area contributed by atoms with E-state index in [1.165, 1.54) is 12.1 Å². The summed E-state index contributed by atoms with van der Waals surface area (Å²) >= 11 is 9.56. The first kappa shape index (κ1) is 29.1.